The fourth-order valence-corrected chi connectivity index (χ4v) is 1.91. The molecule has 0 aliphatic heterocycles. The fraction of sp³-hybridized carbons (Fsp3) is 0.538. The molecule has 0 fully saturated rings. The number of thioether (sulfide) groups is 1. The van der Waals surface area contributed by atoms with Gasteiger partial charge >= 0.3 is 5.97 Å². The molecule has 19 heavy (non-hydrogen) atoms. The topological polar surface area (TPSA) is 74.4 Å². The van der Waals surface area contributed by atoms with Gasteiger partial charge in [-0.25, -0.2) is 4.98 Å². The molecule has 0 aliphatic carbocycles. The van der Waals surface area contributed by atoms with Gasteiger partial charge in [0.15, 0.2) is 0 Å². The van der Waals surface area contributed by atoms with E-state index in [0.29, 0.717) is 23.2 Å². The van der Waals surface area contributed by atoms with E-state index in [1.54, 1.807) is 12.1 Å². The van der Waals surface area contributed by atoms with E-state index in [2.05, 4.69) is 4.98 Å². The molecule has 2 N–H and O–H groups in total. The van der Waals surface area contributed by atoms with Crippen LogP contribution in [0.1, 0.15) is 27.7 Å². The molecule has 0 amide bonds. The number of pyridine rings is 1. The maximum Gasteiger partial charge on any atom is 0.316 e. The van der Waals surface area contributed by atoms with Crippen molar-refractivity contribution in [3.05, 3.63) is 12.1 Å². The van der Waals surface area contributed by atoms with Crippen molar-refractivity contribution in [1.29, 1.82) is 0 Å². The van der Waals surface area contributed by atoms with Crippen LogP contribution >= 0.6 is 11.8 Å². The van der Waals surface area contributed by atoms with Crippen LogP contribution in [0.3, 0.4) is 0 Å². The highest BCUT2D eigenvalue weighted by Gasteiger charge is 2.16. The summed E-state index contributed by atoms with van der Waals surface area (Å²) < 4.78 is 10.5. The van der Waals surface area contributed by atoms with E-state index >= 15 is 0 Å². The SMILES string of the molecule is CCOc1nc(SCC(=O)OC(C)(C)C)ccc1N. The molecule has 1 aromatic heterocycles. The molecule has 0 unspecified atom stereocenters. The van der Waals surface area contributed by atoms with E-state index in [1.165, 1.54) is 11.8 Å². The van der Waals surface area contributed by atoms with E-state index in [0.717, 1.165) is 0 Å². The van der Waals surface area contributed by atoms with Crippen LogP contribution in [-0.2, 0) is 9.53 Å². The smallest absolute Gasteiger partial charge is 0.316 e. The van der Waals surface area contributed by atoms with Crippen LogP contribution in [0.5, 0.6) is 5.88 Å². The summed E-state index contributed by atoms with van der Waals surface area (Å²) in [4.78, 5) is 15.8. The maximum atomic E-state index is 11.6. The number of nitrogen functional groups attached to an aromatic ring is 1. The van der Waals surface area contributed by atoms with Gasteiger partial charge in [-0.15, -0.1) is 0 Å². The summed E-state index contributed by atoms with van der Waals surface area (Å²) >= 11 is 1.30. The summed E-state index contributed by atoms with van der Waals surface area (Å²) in [6.07, 6.45) is 0. The monoisotopic (exact) mass is 284 g/mol. The Balaban J connectivity index is 2.58. The summed E-state index contributed by atoms with van der Waals surface area (Å²) in [5.74, 6) is 0.338. The third kappa shape index (κ3) is 5.83. The van der Waals surface area contributed by atoms with Crippen molar-refractivity contribution in [3.8, 4) is 5.88 Å². The molecule has 0 spiro atoms. The van der Waals surface area contributed by atoms with Crippen LogP contribution in [0.25, 0.3) is 0 Å². The van der Waals surface area contributed by atoms with Gasteiger partial charge in [0.25, 0.3) is 0 Å². The average Bonchev–Trinajstić information content (AvgIpc) is 2.28. The molecule has 0 aliphatic rings. The van der Waals surface area contributed by atoms with Crippen molar-refractivity contribution >= 4 is 23.4 Å². The molecule has 0 aromatic carbocycles. The van der Waals surface area contributed by atoms with Gasteiger partial charge < -0.3 is 15.2 Å². The van der Waals surface area contributed by atoms with Crippen molar-refractivity contribution < 1.29 is 14.3 Å². The molecule has 1 rings (SSSR count). The highest BCUT2D eigenvalue weighted by atomic mass is 32.2. The first-order valence-electron chi connectivity index (χ1n) is 6.06. The van der Waals surface area contributed by atoms with Gasteiger partial charge in [0.1, 0.15) is 10.6 Å². The Kier molecular flexibility index (Phi) is 5.47. The number of rotatable bonds is 5. The first-order chi connectivity index (χ1) is 8.81. The van der Waals surface area contributed by atoms with Crippen molar-refractivity contribution in [1.82, 2.24) is 4.98 Å². The van der Waals surface area contributed by atoms with E-state index in [-0.39, 0.29) is 11.7 Å². The van der Waals surface area contributed by atoms with E-state index in [9.17, 15) is 4.79 Å². The molecule has 0 radical (unpaired) electrons. The zero-order chi connectivity index (χ0) is 14.5. The van der Waals surface area contributed by atoms with E-state index in [1.807, 2.05) is 27.7 Å². The van der Waals surface area contributed by atoms with Crippen molar-refractivity contribution in [3.63, 3.8) is 0 Å². The van der Waals surface area contributed by atoms with Crippen LogP contribution in [0.15, 0.2) is 17.2 Å². The highest BCUT2D eigenvalue weighted by Crippen LogP contribution is 2.24. The normalized spacial score (nSPS) is 11.2. The minimum absolute atomic E-state index is 0.208. The lowest BCUT2D eigenvalue weighted by atomic mass is 10.2. The molecule has 0 atom stereocenters. The van der Waals surface area contributed by atoms with E-state index < -0.39 is 5.60 Å². The zero-order valence-corrected chi connectivity index (χ0v) is 12.5. The molecule has 1 heterocycles. The standard InChI is InChI=1S/C13H20N2O3S/c1-5-17-12-9(14)6-7-10(15-12)19-8-11(16)18-13(2,3)4/h6-7H,5,8,14H2,1-4H3. The Labute approximate surface area is 117 Å². The van der Waals surface area contributed by atoms with Crippen LogP contribution in [0.4, 0.5) is 5.69 Å². The molecular formula is C13H20N2O3S. The Hall–Kier alpha value is -1.43. The molecule has 0 bridgehead atoms. The van der Waals surface area contributed by atoms with Crippen molar-refractivity contribution in [2.45, 2.75) is 38.3 Å². The van der Waals surface area contributed by atoms with Crippen LogP contribution in [0.2, 0.25) is 0 Å². The second kappa shape index (κ2) is 6.65. The first-order valence-corrected chi connectivity index (χ1v) is 7.04. The van der Waals surface area contributed by atoms with Crippen molar-refractivity contribution in [2.24, 2.45) is 0 Å². The molecule has 0 saturated carbocycles. The highest BCUT2D eigenvalue weighted by molar-refractivity contribution is 7.99. The zero-order valence-electron chi connectivity index (χ0n) is 11.7. The van der Waals surface area contributed by atoms with Crippen LogP contribution in [0, 0.1) is 0 Å². The number of anilines is 1. The summed E-state index contributed by atoms with van der Waals surface area (Å²) in [6, 6.07) is 3.47. The number of carbonyl (C=O) groups excluding carboxylic acids is 1. The molecular weight excluding hydrogens is 264 g/mol. The van der Waals surface area contributed by atoms with Crippen LogP contribution < -0.4 is 10.5 Å². The van der Waals surface area contributed by atoms with Gasteiger partial charge in [0.2, 0.25) is 5.88 Å². The number of aromatic nitrogens is 1. The Morgan fingerprint density at radius 2 is 2.11 bits per heavy atom. The quantitative estimate of drug-likeness (QED) is 0.661. The maximum absolute atomic E-state index is 11.6. The Morgan fingerprint density at radius 1 is 1.42 bits per heavy atom. The van der Waals surface area contributed by atoms with Gasteiger partial charge in [-0.1, -0.05) is 11.8 Å². The second-order valence-corrected chi connectivity index (χ2v) is 5.85. The number of esters is 1. The van der Waals surface area contributed by atoms with Crippen molar-refractivity contribution in [2.75, 3.05) is 18.1 Å². The number of nitrogens with two attached hydrogens (primary N) is 1. The first kappa shape index (κ1) is 15.6. The predicted octanol–water partition coefficient (Wildman–Crippen LogP) is 2.50. The summed E-state index contributed by atoms with van der Waals surface area (Å²) in [6.45, 7) is 7.87. The minimum Gasteiger partial charge on any atom is -0.476 e. The molecule has 0 saturated heterocycles. The summed E-state index contributed by atoms with van der Waals surface area (Å²) in [5, 5.41) is 0.684. The fourth-order valence-electron chi connectivity index (χ4n) is 1.27. The minimum atomic E-state index is -0.470. The number of ether oxygens (including phenoxy) is 2. The van der Waals surface area contributed by atoms with Gasteiger partial charge in [0.05, 0.1) is 18.0 Å². The molecule has 106 valence electrons. The van der Waals surface area contributed by atoms with Gasteiger partial charge in [-0.05, 0) is 39.8 Å². The van der Waals surface area contributed by atoms with E-state index in [4.69, 9.17) is 15.2 Å². The lowest BCUT2D eigenvalue weighted by Crippen LogP contribution is -2.24. The van der Waals surface area contributed by atoms with Gasteiger partial charge in [-0.3, -0.25) is 4.79 Å². The third-order valence-electron chi connectivity index (χ3n) is 1.90. The largest absolute Gasteiger partial charge is 0.476 e. The molecule has 6 heteroatoms. The number of hydrogen-bond acceptors (Lipinski definition) is 6. The Morgan fingerprint density at radius 3 is 2.68 bits per heavy atom. The lowest BCUT2D eigenvalue weighted by molar-refractivity contribution is -0.151. The summed E-state index contributed by atoms with van der Waals surface area (Å²) in [5.41, 5.74) is 5.75. The molecule has 1 aromatic rings. The molecule has 5 nitrogen and oxygen atoms in total. The average molecular weight is 284 g/mol. The lowest BCUT2D eigenvalue weighted by Gasteiger charge is -2.19. The van der Waals surface area contributed by atoms with Crippen LogP contribution in [-0.4, -0.2) is 28.9 Å². The Bertz CT molecular complexity index is 444. The number of carbonyl (C=O) groups is 1. The predicted molar refractivity (Wildman–Crippen MR) is 76.4 cm³/mol. The number of hydrogen-bond donors (Lipinski definition) is 1. The second-order valence-electron chi connectivity index (χ2n) is 4.85. The third-order valence-corrected chi connectivity index (χ3v) is 2.81. The van der Waals surface area contributed by atoms with Gasteiger partial charge in [-0.2, -0.15) is 0 Å². The van der Waals surface area contributed by atoms with Gasteiger partial charge in [0, 0.05) is 0 Å². The summed E-state index contributed by atoms with van der Waals surface area (Å²) in [7, 11) is 0. The number of nitrogens with zero attached hydrogens (tertiary/aromatic N) is 1.